The van der Waals surface area contributed by atoms with Crippen molar-refractivity contribution < 1.29 is 4.39 Å². The van der Waals surface area contributed by atoms with Gasteiger partial charge in [0.2, 0.25) is 0 Å². The topological polar surface area (TPSA) is 24.4 Å². The van der Waals surface area contributed by atoms with Crippen LogP contribution in [0.15, 0.2) is 29.4 Å². The van der Waals surface area contributed by atoms with Gasteiger partial charge >= 0.3 is 0 Å². The van der Waals surface area contributed by atoms with Crippen LogP contribution in [0.1, 0.15) is 12.0 Å². The predicted octanol–water partition coefficient (Wildman–Crippen LogP) is 1.52. The van der Waals surface area contributed by atoms with E-state index in [9.17, 15) is 4.39 Å². The molecule has 1 heterocycles. The molecule has 0 aliphatic carbocycles. The van der Waals surface area contributed by atoms with Crippen molar-refractivity contribution in [2.24, 2.45) is 5.10 Å². The summed E-state index contributed by atoms with van der Waals surface area (Å²) in [5.74, 6) is -0.203. The number of nitrogens with one attached hydrogen (secondary N) is 1. The Morgan fingerprint density at radius 2 is 2.00 bits per heavy atom. The van der Waals surface area contributed by atoms with Gasteiger partial charge in [0.25, 0.3) is 0 Å². The first-order valence-corrected chi connectivity index (χ1v) is 3.91. The van der Waals surface area contributed by atoms with Crippen molar-refractivity contribution in [1.82, 2.24) is 5.43 Å². The van der Waals surface area contributed by atoms with E-state index in [1.54, 1.807) is 12.1 Å². The van der Waals surface area contributed by atoms with E-state index in [0.29, 0.717) is 0 Å². The van der Waals surface area contributed by atoms with E-state index in [0.717, 1.165) is 24.2 Å². The lowest BCUT2D eigenvalue weighted by molar-refractivity contribution is 0.628. The van der Waals surface area contributed by atoms with Crippen LogP contribution in [0.5, 0.6) is 0 Å². The monoisotopic (exact) mass is 164 g/mol. The van der Waals surface area contributed by atoms with Gasteiger partial charge in [-0.3, -0.25) is 0 Å². The maximum Gasteiger partial charge on any atom is 0.123 e. The van der Waals surface area contributed by atoms with Crippen molar-refractivity contribution in [3.05, 3.63) is 35.6 Å². The van der Waals surface area contributed by atoms with Crippen LogP contribution in [0.3, 0.4) is 0 Å². The molecule has 0 amide bonds. The van der Waals surface area contributed by atoms with Crippen LogP contribution in [-0.2, 0) is 0 Å². The number of hydrogen-bond donors (Lipinski definition) is 1. The summed E-state index contributed by atoms with van der Waals surface area (Å²) in [5.41, 5.74) is 4.89. The SMILES string of the molecule is Fc1ccc(C2=NNCC2)cc1. The molecule has 0 atom stereocenters. The van der Waals surface area contributed by atoms with Gasteiger partial charge in [0.05, 0.1) is 5.71 Å². The van der Waals surface area contributed by atoms with Gasteiger partial charge in [-0.2, -0.15) is 5.10 Å². The fourth-order valence-corrected chi connectivity index (χ4v) is 1.23. The van der Waals surface area contributed by atoms with Crippen molar-refractivity contribution in [3.8, 4) is 0 Å². The van der Waals surface area contributed by atoms with Crippen LogP contribution in [0, 0.1) is 5.82 Å². The molecule has 3 heteroatoms. The maximum absolute atomic E-state index is 12.5. The lowest BCUT2D eigenvalue weighted by Gasteiger charge is -1.97. The first-order chi connectivity index (χ1) is 5.86. The summed E-state index contributed by atoms with van der Waals surface area (Å²) < 4.78 is 12.5. The molecule has 0 saturated carbocycles. The number of benzene rings is 1. The van der Waals surface area contributed by atoms with E-state index in [4.69, 9.17) is 0 Å². The highest BCUT2D eigenvalue weighted by atomic mass is 19.1. The van der Waals surface area contributed by atoms with Crippen molar-refractivity contribution in [2.45, 2.75) is 6.42 Å². The second-order valence-corrected chi connectivity index (χ2v) is 2.72. The molecule has 1 aromatic rings. The third kappa shape index (κ3) is 1.30. The maximum atomic E-state index is 12.5. The van der Waals surface area contributed by atoms with E-state index in [2.05, 4.69) is 10.5 Å². The molecule has 0 saturated heterocycles. The standard InChI is InChI=1S/C9H9FN2/c10-8-3-1-7(2-4-8)9-5-6-11-12-9/h1-4,11H,5-6H2. The summed E-state index contributed by atoms with van der Waals surface area (Å²) in [6.45, 7) is 0.882. The average molecular weight is 164 g/mol. The zero-order valence-corrected chi connectivity index (χ0v) is 6.55. The highest BCUT2D eigenvalue weighted by Gasteiger charge is 2.07. The van der Waals surface area contributed by atoms with Gasteiger partial charge in [0.15, 0.2) is 0 Å². The molecule has 0 radical (unpaired) electrons. The van der Waals surface area contributed by atoms with Crippen LogP contribution < -0.4 is 5.43 Å². The third-order valence-electron chi connectivity index (χ3n) is 1.87. The van der Waals surface area contributed by atoms with E-state index in [-0.39, 0.29) is 5.82 Å². The van der Waals surface area contributed by atoms with Crippen LogP contribution in [0.4, 0.5) is 4.39 Å². The number of halogens is 1. The molecule has 0 bridgehead atoms. The summed E-state index contributed by atoms with van der Waals surface area (Å²) in [5, 5.41) is 4.08. The van der Waals surface area contributed by atoms with Crippen LogP contribution in [0.2, 0.25) is 0 Å². The number of hydrogen-bond acceptors (Lipinski definition) is 2. The lowest BCUT2D eigenvalue weighted by atomic mass is 10.1. The highest BCUT2D eigenvalue weighted by molar-refractivity contribution is 6.01. The summed E-state index contributed by atoms with van der Waals surface area (Å²) in [4.78, 5) is 0. The first kappa shape index (κ1) is 7.28. The van der Waals surface area contributed by atoms with Crippen molar-refractivity contribution in [2.75, 3.05) is 6.54 Å². The number of hydrazone groups is 1. The summed E-state index contributed by atoms with van der Waals surface area (Å²) >= 11 is 0. The quantitative estimate of drug-likeness (QED) is 0.668. The zero-order chi connectivity index (χ0) is 8.39. The molecule has 1 N–H and O–H groups in total. The highest BCUT2D eigenvalue weighted by Crippen LogP contribution is 2.08. The third-order valence-corrected chi connectivity index (χ3v) is 1.87. The molecule has 2 rings (SSSR count). The van der Waals surface area contributed by atoms with Gasteiger partial charge in [-0.25, -0.2) is 4.39 Å². The second kappa shape index (κ2) is 2.93. The number of rotatable bonds is 1. The van der Waals surface area contributed by atoms with Crippen LogP contribution >= 0.6 is 0 Å². The Morgan fingerprint density at radius 3 is 2.58 bits per heavy atom. The molecule has 0 aromatic heterocycles. The Labute approximate surface area is 70.1 Å². The molecule has 1 aliphatic heterocycles. The van der Waals surface area contributed by atoms with E-state index >= 15 is 0 Å². The molecule has 1 aliphatic rings. The van der Waals surface area contributed by atoms with Crippen molar-refractivity contribution in [3.63, 3.8) is 0 Å². The molecule has 0 unspecified atom stereocenters. The average Bonchev–Trinajstić information content (AvgIpc) is 2.58. The van der Waals surface area contributed by atoms with Crippen molar-refractivity contribution in [1.29, 1.82) is 0 Å². The first-order valence-electron chi connectivity index (χ1n) is 3.91. The smallest absolute Gasteiger partial charge is 0.123 e. The van der Waals surface area contributed by atoms with Crippen molar-refractivity contribution >= 4 is 5.71 Å². The minimum Gasteiger partial charge on any atom is -0.309 e. The summed E-state index contributed by atoms with van der Waals surface area (Å²) in [7, 11) is 0. The normalized spacial score (nSPS) is 15.6. The Hall–Kier alpha value is -1.38. The second-order valence-electron chi connectivity index (χ2n) is 2.72. The molecular formula is C9H9FN2. The van der Waals surface area contributed by atoms with E-state index < -0.39 is 0 Å². The summed E-state index contributed by atoms with van der Waals surface area (Å²) in [6.07, 6.45) is 0.922. The van der Waals surface area contributed by atoms with Crippen LogP contribution in [-0.4, -0.2) is 12.3 Å². The fraction of sp³-hybridized carbons (Fsp3) is 0.222. The van der Waals surface area contributed by atoms with Gasteiger partial charge in [0, 0.05) is 13.0 Å². The molecular weight excluding hydrogens is 155 g/mol. The van der Waals surface area contributed by atoms with Gasteiger partial charge in [-0.1, -0.05) is 12.1 Å². The Morgan fingerprint density at radius 1 is 1.25 bits per heavy atom. The predicted molar refractivity (Wildman–Crippen MR) is 45.6 cm³/mol. The van der Waals surface area contributed by atoms with Gasteiger partial charge in [-0.05, 0) is 17.7 Å². The summed E-state index contributed by atoms with van der Waals surface area (Å²) in [6, 6.07) is 6.41. The Balaban J connectivity index is 2.28. The van der Waals surface area contributed by atoms with Gasteiger partial charge < -0.3 is 5.43 Å². The Bertz CT molecular complexity index is 303. The van der Waals surface area contributed by atoms with E-state index in [1.807, 2.05) is 0 Å². The molecule has 1 aromatic carbocycles. The Kier molecular flexibility index (Phi) is 1.78. The zero-order valence-electron chi connectivity index (χ0n) is 6.55. The molecule has 62 valence electrons. The lowest BCUT2D eigenvalue weighted by Crippen LogP contribution is -1.97. The largest absolute Gasteiger partial charge is 0.309 e. The minimum absolute atomic E-state index is 0.203. The molecule has 0 fully saturated rings. The van der Waals surface area contributed by atoms with Gasteiger partial charge in [-0.15, -0.1) is 0 Å². The molecule has 0 spiro atoms. The van der Waals surface area contributed by atoms with E-state index in [1.165, 1.54) is 12.1 Å². The number of nitrogens with zero attached hydrogens (tertiary/aromatic N) is 1. The molecule has 2 nitrogen and oxygen atoms in total. The van der Waals surface area contributed by atoms with Crippen LogP contribution in [0.25, 0.3) is 0 Å². The molecule has 12 heavy (non-hydrogen) atoms. The minimum atomic E-state index is -0.203. The fourth-order valence-electron chi connectivity index (χ4n) is 1.23. The van der Waals surface area contributed by atoms with Gasteiger partial charge in [0.1, 0.15) is 5.82 Å².